The van der Waals surface area contributed by atoms with Gasteiger partial charge in [0.15, 0.2) is 0 Å². The summed E-state index contributed by atoms with van der Waals surface area (Å²) in [5, 5.41) is 13.1. The van der Waals surface area contributed by atoms with E-state index in [-0.39, 0.29) is 5.56 Å². The molecule has 0 unspecified atom stereocenters. The molecule has 0 saturated carbocycles. The summed E-state index contributed by atoms with van der Waals surface area (Å²) in [5.41, 5.74) is 1.87. The summed E-state index contributed by atoms with van der Waals surface area (Å²) >= 11 is 0. The predicted octanol–water partition coefficient (Wildman–Crippen LogP) is 1.76. The number of hydrogen-bond acceptors (Lipinski definition) is 4. The van der Waals surface area contributed by atoms with Crippen LogP contribution in [0.25, 0.3) is 0 Å². The monoisotopic (exact) mass is 275 g/mol. The molecule has 0 aliphatic heterocycles. The molecule has 0 aliphatic carbocycles. The number of carbonyl (C=O) groups is 1. The van der Waals surface area contributed by atoms with Gasteiger partial charge in [0.25, 0.3) is 0 Å². The maximum atomic E-state index is 11.1. The molecule has 0 spiro atoms. The van der Waals surface area contributed by atoms with Crippen molar-refractivity contribution in [2.45, 2.75) is 6.54 Å². The summed E-state index contributed by atoms with van der Waals surface area (Å²) in [6, 6.07) is 7.59. The van der Waals surface area contributed by atoms with Crippen LogP contribution in [0, 0.1) is 0 Å². The Labute approximate surface area is 117 Å². The Morgan fingerprint density at radius 2 is 2.05 bits per heavy atom. The van der Waals surface area contributed by atoms with E-state index in [0.29, 0.717) is 12.2 Å². The van der Waals surface area contributed by atoms with E-state index < -0.39 is 5.97 Å². The van der Waals surface area contributed by atoms with Crippen molar-refractivity contribution in [3.8, 4) is 5.75 Å². The number of methoxy groups -OCH3 is 1. The van der Waals surface area contributed by atoms with Crippen LogP contribution in [0.15, 0.2) is 30.5 Å². The van der Waals surface area contributed by atoms with Gasteiger partial charge in [0.2, 0.25) is 0 Å². The van der Waals surface area contributed by atoms with Gasteiger partial charge in [-0.1, -0.05) is 0 Å². The van der Waals surface area contributed by atoms with Crippen molar-refractivity contribution in [1.82, 2.24) is 9.78 Å². The highest BCUT2D eigenvalue weighted by Crippen LogP contribution is 2.20. The first-order valence-electron chi connectivity index (χ1n) is 6.12. The van der Waals surface area contributed by atoms with Crippen molar-refractivity contribution < 1.29 is 14.6 Å². The summed E-state index contributed by atoms with van der Waals surface area (Å²) in [5.74, 6) is -0.176. The fourth-order valence-corrected chi connectivity index (χ4v) is 1.98. The molecule has 0 atom stereocenters. The Hall–Kier alpha value is -2.50. The van der Waals surface area contributed by atoms with Crippen LogP contribution in [0.1, 0.15) is 16.1 Å². The number of ether oxygens (including phenoxy) is 1. The summed E-state index contributed by atoms with van der Waals surface area (Å²) in [6.07, 6.45) is 1.37. The van der Waals surface area contributed by atoms with E-state index >= 15 is 0 Å². The highest BCUT2D eigenvalue weighted by Gasteiger charge is 2.16. The lowest BCUT2D eigenvalue weighted by molar-refractivity contribution is 0.0695. The third-order valence-corrected chi connectivity index (χ3v) is 3.19. The quantitative estimate of drug-likeness (QED) is 0.900. The molecule has 2 rings (SSSR count). The van der Waals surface area contributed by atoms with Crippen molar-refractivity contribution >= 4 is 11.7 Å². The predicted molar refractivity (Wildman–Crippen MR) is 75.3 cm³/mol. The van der Waals surface area contributed by atoms with Crippen molar-refractivity contribution in [3.05, 3.63) is 41.7 Å². The molecule has 1 N–H and O–H groups in total. The molecular weight excluding hydrogens is 258 g/mol. The van der Waals surface area contributed by atoms with Gasteiger partial charge in [-0.2, -0.15) is 5.10 Å². The van der Waals surface area contributed by atoms with Gasteiger partial charge in [0, 0.05) is 19.8 Å². The number of hydrogen-bond donors (Lipinski definition) is 1. The van der Waals surface area contributed by atoms with Crippen LogP contribution in [-0.4, -0.2) is 35.0 Å². The van der Waals surface area contributed by atoms with Crippen molar-refractivity contribution in [2.24, 2.45) is 7.05 Å². The van der Waals surface area contributed by atoms with Crippen LogP contribution < -0.4 is 9.64 Å². The second-order valence-corrected chi connectivity index (χ2v) is 4.49. The first-order chi connectivity index (χ1) is 9.52. The maximum absolute atomic E-state index is 11.1. The minimum atomic E-state index is -0.962. The highest BCUT2D eigenvalue weighted by atomic mass is 16.5. The van der Waals surface area contributed by atoms with Gasteiger partial charge < -0.3 is 14.7 Å². The van der Waals surface area contributed by atoms with E-state index in [9.17, 15) is 4.79 Å². The Balaban J connectivity index is 2.20. The maximum Gasteiger partial charge on any atom is 0.339 e. The van der Waals surface area contributed by atoms with Gasteiger partial charge >= 0.3 is 5.97 Å². The third-order valence-electron chi connectivity index (χ3n) is 3.19. The molecule has 1 aromatic carbocycles. The van der Waals surface area contributed by atoms with Gasteiger partial charge in [0.05, 0.1) is 25.5 Å². The number of aromatic carboxylic acids is 1. The Morgan fingerprint density at radius 3 is 2.60 bits per heavy atom. The number of anilines is 1. The molecule has 1 heterocycles. The summed E-state index contributed by atoms with van der Waals surface area (Å²) in [6.45, 7) is 0.463. The molecular formula is C14H17N3O3. The molecule has 0 saturated heterocycles. The van der Waals surface area contributed by atoms with Crippen LogP contribution in [0.3, 0.4) is 0 Å². The van der Waals surface area contributed by atoms with Gasteiger partial charge in [-0.05, 0) is 24.3 Å². The standard InChI is InChI=1S/C14H17N3O3/c1-16(10-4-6-11(20-3)7-5-10)9-13-12(14(18)19)8-15-17(13)2/h4-8H,9H2,1-3H3,(H,18,19). The van der Waals surface area contributed by atoms with Gasteiger partial charge in [0.1, 0.15) is 11.3 Å². The van der Waals surface area contributed by atoms with E-state index in [1.807, 2.05) is 36.2 Å². The molecule has 0 aliphatic rings. The normalized spacial score (nSPS) is 10.3. The average Bonchev–Trinajstić information content (AvgIpc) is 2.80. The molecule has 1 aromatic heterocycles. The molecule has 20 heavy (non-hydrogen) atoms. The lowest BCUT2D eigenvalue weighted by Gasteiger charge is -2.20. The number of aromatic nitrogens is 2. The Bertz CT molecular complexity index is 605. The zero-order chi connectivity index (χ0) is 14.7. The number of aryl methyl sites for hydroxylation is 1. The van der Waals surface area contributed by atoms with Gasteiger partial charge in [-0.15, -0.1) is 0 Å². The van der Waals surface area contributed by atoms with E-state index in [1.54, 1.807) is 18.8 Å². The molecule has 6 nitrogen and oxygen atoms in total. The number of rotatable bonds is 5. The number of nitrogens with zero attached hydrogens (tertiary/aromatic N) is 3. The van der Waals surface area contributed by atoms with Crippen molar-refractivity contribution in [2.75, 3.05) is 19.1 Å². The summed E-state index contributed by atoms with van der Waals surface area (Å²) in [7, 11) is 5.26. The molecule has 0 amide bonds. The fraction of sp³-hybridized carbons (Fsp3) is 0.286. The smallest absolute Gasteiger partial charge is 0.339 e. The average molecular weight is 275 g/mol. The van der Waals surface area contributed by atoms with Gasteiger partial charge in [-0.3, -0.25) is 4.68 Å². The third kappa shape index (κ3) is 2.74. The van der Waals surface area contributed by atoms with E-state index in [4.69, 9.17) is 9.84 Å². The second-order valence-electron chi connectivity index (χ2n) is 4.49. The Kier molecular flexibility index (Phi) is 3.93. The molecule has 6 heteroatoms. The SMILES string of the molecule is COc1ccc(N(C)Cc2c(C(=O)O)cnn2C)cc1. The topological polar surface area (TPSA) is 67.6 Å². The van der Waals surface area contributed by atoms with Crippen LogP contribution in [0.5, 0.6) is 5.75 Å². The minimum absolute atomic E-state index is 0.230. The zero-order valence-electron chi connectivity index (χ0n) is 11.7. The summed E-state index contributed by atoms with van der Waals surface area (Å²) in [4.78, 5) is 13.1. The number of carboxylic acids is 1. The van der Waals surface area contributed by atoms with E-state index in [0.717, 1.165) is 11.4 Å². The first-order valence-corrected chi connectivity index (χ1v) is 6.12. The largest absolute Gasteiger partial charge is 0.497 e. The first kappa shape index (κ1) is 13.9. The van der Waals surface area contributed by atoms with E-state index in [1.165, 1.54) is 6.20 Å². The van der Waals surface area contributed by atoms with Crippen LogP contribution in [0.2, 0.25) is 0 Å². The second kappa shape index (κ2) is 5.64. The Morgan fingerprint density at radius 1 is 1.40 bits per heavy atom. The number of benzene rings is 1. The lowest BCUT2D eigenvalue weighted by Crippen LogP contribution is -2.20. The van der Waals surface area contributed by atoms with E-state index in [2.05, 4.69) is 5.10 Å². The molecule has 2 aromatic rings. The number of carboxylic acid groups (broad SMARTS) is 1. The zero-order valence-corrected chi connectivity index (χ0v) is 11.7. The molecule has 0 fully saturated rings. The van der Waals surface area contributed by atoms with Gasteiger partial charge in [-0.25, -0.2) is 4.79 Å². The molecule has 0 bridgehead atoms. The minimum Gasteiger partial charge on any atom is -0.497 e. The molecule has 106 valence electrons. The van der Waals surface area contributed by atoms with Crippen molar-refractivity contribution in [1.29, 1.82) is 0 Å². The van der Waals surface area contributed by atoms with Crippen molar-refractivity contribution in [3.63, 3.8) is 0 Å². The fourth-order valence-electron chi connectivity index (χ4n) is 1.98. The summed E-state index contributed by atoms with van der Waals surface area (Å²) < 4.78 is 6.70. The lowest BCUT2D eigenvalue weighted by atomic mass is 10.2. The molecule has 0 radical (unpaired) electrons. The van der Waals surface area contributed by atoms with Crippen LogP contribution in [0.4, 0.5) is 5.69 Å². The highest BCUT2D eigenvalue weighted by molar-refractivity contribution is 5.88. The van der Waals surface area contributed by atoms with Crippen LogP contribution in [-0.2, 0) is 13.6 Å². The van der Waals surface area contributed by atoms with Crippen LogP contribution >= 0.6 is 0 Å².